The molecule has 1 aromatic rings. The summed E-state index contributed by atoms with van der Waals surface area (Å²) in [6.45, 7) is 0.600. The van der Waals surface area contributed by atoms with Crippen molar-refractivity contribution in [1.29, 1.82) is 0 Å². The summed E-state index contributed by atoms with van der Waals surface area (Å²) in [7, 11) is 0. The van der Waals surface area contributed by atoms with Crippen LogP contribution in [0.1, 0.15) is 5.76 Å². The first kappa shape index (κ1) is 5.31. The molecule has 2 N–H and O–H groups in total. The summed E-state index contributed by atoms with van der Waals surface area (Å²) in [4.78, 5) is 0. The van der Waals surface area contributed by atoms with Crippen molar-refractivity contribution in [3.63, 3.8) is 0 Å². The van der Waals surface area contributed by atoms with E-state index in [4.69, 9.17) is 5.73 Å². The Kier molecular flexibility index (Phi) is 1.64. The maximum absolute atomic E-state index is 5.22. The number of hydrogen-bond acceptors (Lipinski definition) is 3. The van der Waals surface area contributed by atoms with Gasteiger partial charge in [0.15, 0.2) is 0 Å². The highest BCUT2D eigenvalue weighted by atomic mass is 16.5. The minimum absolute atomic E-state index is 0.600. The fraction of sp³-hybridized carbons (Fsp3) is 0.400. The third kappa shape index (κ3) is 1.07. The van der Waals surface area contributed by atoms with E-state index in [1.54, 1.807) is 6.07 Å². The van der Waals surface area contributed by atoms with E-state index in [9.17, 15) is 0 Å². The summed E-state index contributed by atoms with van der Waals surface area (Å²) >= 11 is 0. The summed E-state index contributed by atoms with van der Waals surface area (Å²) in [6.07, 6.45) is 3.29. The predicted molar refractivity (Wildman–Crippen MR) is 28.1 cm³/mol. The molecule has 0 saturated heterocycles. The highest BCUT2D eigenvalue weighted by molar-refractivity contribution is 4.91. The molecular formula is C5H7N2O. The van der Waals surface area contributed by atoms with Crippen LogP contribution in [0.4, 0.5) is 0 Å². The number of nitrogens with two attached hydrogens (primary N) is 1. The lowest BCUT2D eigenvalue weighted by molar-refractivity contribution is 0.383. The molecular weight excluding hydrogens is 104 g/mol. The average molecular weight is 111 g/mol. The SMILES string of the molecule is NCCc1c[c]no1. The van der Waals surface area contributed by atoms with Gasteiger partial charge in [-0.25, -0.2) is 0 Å². The van der Waals surface area contributed by atoms with Crippen LogP contribution >= 0.6 is 0 Å². The molecule has 8 heavy (non-hydrogen) atoms. The molecule has 1 radical (unpaired) electrons. The molecule has 0 atom stereocenters. The van der Waals surface area contributed by atoms with Gasteiger partial charge in [-0.15, -0.1) is 0 Å². The van der Waals surface area contributed by atoms with Crippen LogP contribution in [0, 0.1) is 6.20 Å². The normalized spacial score (nSPS) is 9.62. The van der Waals surface area contributed by atoms with Crippen molar-refractivity contribution in [2.24, 2.45) is 5.73 Å². The van der Waals surface area contributed by atoms with E-state index in [2.05, 4.69) is 15.9 Å². The number of aromatic nitrogens is 1. The summed E-state index contributed by atoms with van der Waals surface area (Å²) in [6, 6.07) is 1.69. The van der Waals surface area contributed by atoms with Crippen molar-refractivity contribution in [1.82, 2.24) is 5.16 Å². The van der Waals surface area contributed by atoms with Gasteiger partial charge in [0.2, 0.25) is 0 Å². The fourth-order valence-electron chi connectivity index (χ4n) is 0.470. The minimum atomic E-state index is 0.600. The first-order valence-electron chi connectivity index (χ1n) is 2.45. The van der Waals surface area contributed by atoms with Gasteiger partial charge in [-0.05, 0) is 6.54 Å². The van der Waals surface area contributed by atoms with Crippen molar-refractivity contribution >= 4 is 0 Å². The Morgan fingerprint density at radius 2 is 2.75 bits per heavy atom. The molecule has 43 valence electrons. The Morgan fingerprint density at radius 3 is 3.25 bits per heavy atom. The molecule has 0 bridgehead atoms. The molecule has 0 aliphatic carbocycles. The van der Waals surface area contributed by atoms with Crippen LogP contribution in [0.15, 0.2) is 10.6 Å². The van der Waals surface area contributed by atoms with E-state index >= 15 is 0 Å². The van der Waals surface area contributed by atoms with Crippen molar-refractivity contribution in [3.05, 3.63) is 18.0 Å². The lowest BCUT2D eigenvalue weighted by atomic mass is 10.3. The summed E-state index contributed by atoms with van der Waals surface area (Å²) in [5.74, 6) is 0.799. The van der Waals surface area contributed by atoms with Gasteiger partial charge in [-0.2, -0.15) is 0 Å². The largest absolute Gasteiger partial charge is 0.361 e. The van der Waals surface area contributed by atoms with E-state index in [1.165, 1.54) is 0 Å². The Labute approximate surface area is 47.5 Å². The smallest absolute Gasteiger partial charge is 0.138 e. The van der Waals surface area contributed by atoms with Crippen molar-refractivity contribution in [2.75, 3.05) is 6.54 Å². The number of nitrogens with zero attached hydrogens (tertiary/aromatic N) is 1. The van der Waals surface area contributed by atoms with Crippen LogP contribution in [0.2, 0.25) is 0 Å². The van der Waals surface area contributed by atoms with Crippen LogP contribution in [-0.2, 0) is 6.42 Å². The number of rotatable bonds is 2. The zero-order valence-electron chi connectivity index (χ0n) is 4.42. The van der Waals surface area contributed by atoms with Crippen molar-refractivity contribution in [3.8, 4) is 0 Å². The number of hydrogen-bond donors (Lipinski definition) is 1. The second-order valence-electron chi connectivity index (χ2n) is 1.46. The monoisotopic (exact) mass is 111 g/mol. The van der Waals surface area contributed by atoms with Crippen LogP contribution in [0.3, 0.4) is 0 Å². The van der Waals surface area contributed by atoms with E-state index in [0.717, 1.165) is 12.2 Å². The quantitative estimate of drug-likeness (QED) is 0.583. The standard InChI is InChI=1S/C5H7N2O/c6-3-1-5-2-4-7-8-5/h2H,1,3,6H2. The second kappa shape index (κ2) is 2.47. The summed E-state index contributed by atoms with van der Waals surface area (Å²) < 4.78 is 4.69. The molecule has 0 aliphatic rings. The third-order valence-corrected chi connectivity index (χ3v) is 0.832. The van der Waals surface area contributed by atoms with Crippen LogP contribution < -0.4 is 5.73 Å². The van der Waals surface area contributed by atoms with Crippen LogP contribution in [0.5, 0.6) is 0 Å². The highest BCUT2D eigenvalue weighted by Gasteiger charge is 1.91. The molecule has 0 spiro atoms. The Balaban J connectivity index is 2.50. The third-order valence-electron chi connectivity index (χ3n) is 0.832. The topological polar surface area (TPSA) is 52.0 Å². The van der Waals surface area contributed by atoms with Gasteiger partial charge in [0.25, 0.3) is 0 Å². The molecule has 0 amide bonds. The molecule has 0 saturated carbocycles. The van der Waals surface area contributed by atoms with E-state index < -0.39 is 0 Å². The van der Waals surface area contributed by atoms with Gasteiger partial charge in [0.05, 0.1) is 0 Å². The van der Waals surface area contributed by atoms with Gasteiger partial charge in [0.1, 0.15) is 12.0 Å². The summed E-state index contributed by atoms with van der Waals surface area (Å²) in [5, 5.41) is 3.39. The maximum Gasteiger partial charge on any atom is 0.138 e. The Hall–Kier alpha value is -0.830. The molecule has 1 aromatic heterocycles. The van der Waals surface area contributed by atoms with E-state index in [1.807, 2.05) is 0 Å². The predicted octanol–water partition coefficient (Wildman–Crippen LogP) is -0.0240. The van der Waals surface area contributed by atoms with Gasteiger partial charge < -0.3 is 10.3 Å². The van der Waals surface area contributed by atoms with E-state index in [-0.39, 0.29) is 0 Å². The summed E-state index contributed by atoms with van der Waals surface area (Å²) in [5.41, 5.74) is 5.22. The van der Waals surface area contributed by atoms with Gasteiger partial charge in [-0.3, -0.25) is 0 Å². The molecule has 0 fully saturated rings. The Bertz CT molecular complexity index is 136. The Morgan fingerprint density at radius 1 is 1.88 bits per heavy atom. The lowest BCUT2D eigenvalue weighted by Crippen LogP contribution is -2.01. The molecule has 1 heterocycles. The molecule has 1 rings (SSSR count). The van der Waals surface area contributed by atoms with Gasteiger partial charge in [-0.1, -0.05) is 5.16 Å². The second-order valence-corrected chi connectivity index (χ2v) is 1.46. The zero-order chi connectivity index (χ0) is 5.82. The van der Waals surface area contributed by atoms with Crippen molar-refractivity contribution in [2.45, 2.75) is 6.42 Å². The zero-order valence-corrected chi connectivity index (χ0v) is 4.42. The van der Waals surface area contributed by atoms with Crippen molar-refractivity contribution < 1.29 is 4.52 Å². The average Bonchev–Trinajstić information content (AvgIpc) is 2.19. The van der Waals surface area contributed by atoms with Gasteiger partial charge in [0, 0.05) is 12.5 Å². The van der Waals surface area contributed by atoms with E-state index in [0.29, 0.717) is 6.54 Å². The molecule has 0 aliphatic heterocycles. The van der Waals surface area contributed by atoms with Crippen LogP contribution in [0.25, 0.3) is 0 Å². The molecule has 3 heteroatoms. The first-order chi connectivity index (χ1) is 3.93. The molecule has 3 nitrogen and oxygen atoms in total. The maximum atomic E-state index is 5.22. The molecule has 0 unspecified atom stereocenters. The minimum Gasteiger partial charge on any atom is -0.361 e. The van der Waals surface area contributed by atoms with Crippen LogP contribution in [-0.4, -0.2) is 11.7 Å². The van der Waals surface area contributed by atoms with Gasteiger partial charge >= 0.3 is 0 Å². The fourth-order valence-corrected chi connectivity index (χ4v) is 0.470. The lowest BCUT2D eigenvalue weighted by Gasteiger charge is -1.83. The molecule has 0 aromatic carbocycles. The first-order valence-corrected chi connectivity index (χ1v) is 2.45. The highest BCUT2D eigenvalue weighted by Crippen LogP contribution is 1.93.